The fourth-order valence-corrected chi connectivity index (χ4v) is 6.97. The van der Waals surface area contributed by atoms with Crippen LogP contribution >= 0.6 is 23.5 Å². The van der Waals surface area contributed by atoms with Crippen molar-refractivity contribution in [1.29, 1.82) is 0 Å². The lowest BCUT2D eigenvalue weighted by Crippen LogP contribution is -2.74. The number of amides is 2. The quantitative estimate of drug-likeness (QED) is 0.292. The van der Waals surface area contributed by atoms with Gasteiger partial charge in [0, 0.05) is 31.5 Å². The molecule has 1 aromatic carbocycles. The summed E-state index contributed by atoms with van der Waals surface area (Å²) < 4.78 is 1.68. The van der Waals surface area contributed by atoms with Crippen LogP contribution in [0.25, 0.3) is 0 Å². The van der Waals surface area contributed by atoms with Crippen LogP contribution in [0.3, 0.4) is 0 Å². The molecule has 2 fully saturated rings. The van der Waals surface area contributed by atoms with Gasteiger partial charge in [-0.2, -0.15) is 0 Å². The number of carboxylic acids is 1. The molecule has 0 saturated carbocycles. The molecule has 0 aliphatic carbocycles. The van der Waals surface area contributed by atoms with Gasteiger partial charge in [0.1, 0.15) is 16.8 Å². The lowest BCUT2D eigenvalue weighted by atomic mass is 9.89. The largest absolute Gasteiger partial charge is 0.481 e. The topological polar surface area (TPSA) is 148 Å². The summed E-state index contributed by atoms with van der Waals surface area (Å²) in [4.78, 5) is 41.0. The Morgan fingerprint density at radius 2 is 2.15 bits per heavy atom. The number of thioether (sulfide) groups is 2. The Kier molecular flexibility index (Phi) is 7.03. The van der Waals surface area contributed by atoms with Crippen LogP contribution < -0.4 is 10.6 Å². The zero-order valence-corrected chi connectivity index (χ0v) is 20.6. The molecule has 0 spiro atoms. The van der Waals surface area contributed by atoms with Crippen molar-refractivity contribution in [2.45, 2.75) is 49.8 Å². The summed E-state index contributed by atoms with van der Waals surface area (Å²) in [5.41, 5.74) is 5.81. The van der Waals surface area contributed by atoms with Crippen LogP contribution in [0.15, 0.2) is 29.4 Å². The third-order valence-electron chi connectivity index (χ3n) is 6.08. The molecule has 2 aliphatic heterocycles. The summed E-state index contributed by atoms with van der Waals surface area (Å²) in [7, 11) is 0. The van der Waals surface area contributed by atoms with Gasteiger partial charge in [-0.15, -0.1) is 16.9 Å². The van der Waals surface area contributed by atoms with Crippen LogP contribution in [0.2, 0.25) is 0 Å². The van der Waals surface area contributed by atoms with E-state index in [-0.39, 0.29) is 29.5 Å². The molecule has 2 aromatic rings. The SMILES string of the molecule is CCCCn1nnnc1SCC1(C(=O)O)CS[C@@H]2C(N(C(C)=O)c3ccccc3N)C(=O)N2C1. The normalized spacial score (nSPS) is 23.8. The van der Waals surface area contributed by atoms with Crippen molar-refractivity contribution >= 4 is 52.7 Å². The number of para-hydroxylation sites is 2. The van der Waals surface area contributed by atoms with Gasteiger partial charge in [0.15, 0.2) is 0 Å². The summed E-state index contributed by atoms with van der Waals surface area (Å²) in [6.45, 7) is 4.20. The van der Waals surface area contributed by atoms with E-state index in [9.17, 15) is 19.5 Å². The molecule has 3 heterocycles. The van der Waals surface area contributed by atoms with E-state index in [4.69, 9.17) is 5.73 Å². The monoisotopic (exact) mass is 505 g/mol. The Hall–Kier alpha value is -2.80. The second-order valence-corrected chi connectivity index (χ2v) is 10.5. The maximum absolute atomic E-state index is 13.2. The summed E-state index contributed by atoms with van der Waals surface area (Å²) in [6, 6.07) is 6.20. The van der Waals surface area contributed by atoms with E-state index in [1.165, 1.54) is 35.3 Å². The first-order chi connectivity index (χ1) is 16.3. The Morgan fingerprint density at radius 1 is 1.38 bits per heavy atom. The fourth-order valence-electron chi connectivity index (χ4n) is 4.16. The fraction of sp³-hybridized carbons (Fsp3) is 0.524. The van der Waals surface area contributed by atoms with Crippen molar-refractivity contribution in [3.05, 3.63) is 24.3 Å². The molecule has 2 amide bonds. The summed E-state index contributed by atoms with van der Waals surface area (Å²) >= 11 is 2.67. The number of aromatic nitrogens is 4. The van der Waals surface area contributed by atoms with Crippen LogP contribution in [0.1, 0.15) is 26.7 Å². The van der Waals surface area contributed by atoms with Gasteiger partial charge in [-0.1, -0.05) is 37.2 Å². The Bertz CT molecular complexity index is 1100. The van der Waals surface area contributed by atoms with Crippen LogP contribution in [0.4, 0.5) is 11.4 Å². The number of β-lactam (4-membered cyclic amide) rings is 1. The van der Waals surface area contributed by atoms with Crippen LogP contribution in [0.5, 0.6) is 0 Å². The number of nitrogens with two attached hydrogens (primary N) is 1. The summed E-state index contributed by atoms with van der Waals surface area (Å²) in [5, 5.41) is 22.1. The Morgan fingerprint density at radius 3 is 2.82 bits per heavy atom. The number of hydrogen-bond donors (Lipinski definition) is 2. The second-order valence-electron chi connectivity index (χ2n) is 8.47. The highest BCUT2D eigenvalue weighted by Crippen LogP contribution is 2.46. The van der Waals surface area contributed by atoms with Gasteiger partial charge in [0.2, 0.25) is 17.0 Å². The number of tetrazole rings is 1. The van der Waals surface area contributed by atoms with Gasteiger partial charge >= 0.3 is 5.97 Å². The number of fused-ring (bicyclic) bond motifs is 1. The van der Waals surface area contributed by atoms with E-state index < -0.39 is 17.4 Å². The molecule has 34 heavy (non-hydrogen) atoms. The molecular weight excluding hydrogens is 478 g/mol. The molecule has 2 saturated heterocycles. The van der Waals surface area contributed by atoms with E-state index in [1.807, 2.05) is 0 Å². The molecule has 2 aliphatic rings. The minimum atomic E-state index is -1.15. The van der Waals surface area contributed by atoms with Crippen molar-refractivity contribution in [2.24, 2.45) is 5.41 Å². The number of unbranched alkanes of at least 4 members (excludes halogenated alkanes) is 1. The Labute approximate surface area is 205 Å². The van der Waals surface area contributed by atoms with E-state index >= 15 is 0 Å². The molecule has 4 rings (SSSR count). The smallest absolute Gasteiger partial charge is 0.313 e. The van der Waals surface area contributed by atoms with Crippen LogP contribution in [-0.4, -0.2) is 77.5 Å². The maximum atomic E-state index is 13.2. The highest BCUT2D eigenvalue weighted by Gasteiger charge is 2.59. The number of carboxylic acid groups (broad SMARTS) is 1. The van der Waals surface area contributed by atoms with Crippen molar-refractivity contribution in [2.75, 3.05) is 28.7 Å². The van der Waals surface area contributed by atoms with E-state index in [0.717, 1.165) is 12.8 Å². The molecule has 13 heteroatoms. The van der Waals surface area contributed by atoms with Gasteiger partial charge in [0.05, 0.1) is 11.4 Å². The average molecular weight is 506 g/mol. The number of aryl methyl sites for hydroxylation is 1. The van der Waals surface area contributed by atoms with Crippen molar-refractivity contribution < 1.29 is 19.5 Å². The molecule has 11 nitrogen and oxygen atoms in total. The standard InChI is InChI=1S/C21H27N7O4S2/c1-3-4-9-27-20(23-24-25-27)34-12-21(19(31)32)10-26-17(30)16(18(26)33-11-21)28(13(2)29)15-8-6-5-7-14(15)22/h5-8,16,18H,3-4,9-12,22H2,1-2H3,(H,31,32)/t16?,18-,21?/m1/s1. The zero-order valence-electron chi connectivity index (χ0n) is 19.0. The maximum Gasteiger partial charge on any atom is 0.313 e. The number of carbonyl (C=O) groups is 3. The van der Waals surface area contributed by atoms with Crippen molar-refractivity contribution in [1.82, 2.24) is 25.1 Å². The third kappa shape index (κ3) is 4.33. The number of carbonyl (C=O) groups excluding carboxylic acids is 2. The summed E-state index contributed by atoms with van der Waals surface area (Å²) in [5.74, 6) is -1.01. The minimum absolute atomic E-state index is 0.0644. The molecule has 1 aromatic heterocycles. The number of aliphatic carboxylic acids is 1. The predicted molar refractivity (Wildman–Crippen MR) is 129 cm³/mol. The van der Waals surface area contributed by atoms with Crippen LogP contribution in [0, 0.1) is 5.41 Å². The summed E-state index contributed by atoms with van der Waals surface area (Å²) in [6.07, 6.45) is 1.91. The molecule has 2 unspecified atom stereocenters. The average Bonchev–Trinajstić information content (AvgIpc) is 3.27. The van der Waals surface area contributed by atoms with Crippen molar-refractivity contribution in [3.8, 4) is 0 Å². The van der Waals surface area contributed by atoms with E-state index in [1.54, 1.807) is 33.8 Å². The van der Waals surface area contributed by atoms with Gasteiger partial charge in [-0.05, 0) is 29.0 Å². The molecule has 0 bridgehead atoms. The van der Waals surface area contributed by atoms with E-state index in [2.05, 4.69) is 22.4 Å². The number of anilines is 2. The molecular formula is C21H27N7O4S2. The third-order valence-corrected chi connectivity index (χ3v) is 8.90. The predicted octanol–water partition coefficient (Wildman–Crippen LogP) is 1.56. The van der Waals surface area contributed by atoms with Gasteiger partial charge in [-0.3, -0.25) is 19.3 Å². The lowest BCUT2D eigenvalue weighted by molar-refractivity contribution is -0.156. The first-order valence-electron chi connectivity index (χ1n) is 11.0. The molecule has 182 valence electrons. The Balaban J connectivity index is 1.50. The number of nitrogen functional groups attached to an aromatic ring is 1. The number of rotatable bonds is 9. The molecule has 3 atom stereocenters. The van der Waals surface area contributed by atoms with Gasteiger partial charge in [0.25, 0.3) is 0 Å². The number of nitrogens with zero attached hydrogens (tertiary/aromatic N) is 6. The molecule has 0 radical (unpaired) electrons. The highest BCUT2D eigenvalue weighted by atomic mass is 32.2. The lowest BCUT2D eigenvalue weighted by Gasteiger charge is -2.56. The van der Waals surface area contributed by atoms with Gasteiger partial charge in [-0.25, -0.2) is 4.68 Å². The zero-order chi connectivity index (χ0) is 24.5. The highest BCUT2D eigenvalue weighted by molar-refractivity contribution is 8.00. The van der Waals surface area contributed by atoms with E-state index in [0.29, 0.717) is 28.8 Å². The van der Waals surface area contributed by atoms with Crippen LogP contribution in [-0.2, 0) is 20.9 Å². The number of benzene rings is 1. The van der Waals surface area contributed by atoms with Gasteiger partial charge < -0.3 is 15.7 Å². The number of hydrogen-bond acceptors (Lipinski definition) is 9. The minimum Gasteiger partial charge on any atom is -0.481 e. The van der Waals surface area contributed by atoms with Crippen molar-refractivity contribution in [3.63, 3.8) is 0 Å². The second kappa shape index (κ2) is 9.82. The first kappa shape index (κ1) is 24.3. The first-order valence-corrected chi connectivity index (χ1v) is 13.0. The molecule has 3 N–H and O–H groups in total.